The lowest BCUT2D eigenvalue weighted by atomic mass is 9.48. The van der Waals surface area contributed by atoms with Crippen molar-refractivity contribution < 1.29 is 4.79 Å². The third-order valence-corrected chi connectivity index (χ3v) is 5.93. The zero-order valence-electron chi connectivity index (χ0n) is 12.2. The zero-order valence-corrected chi connectivity index (χ0v) is 12.2. The van der Waals surface area contributed by atoms with Gasteiger partial charge in [0.25, 0.3) is 0 Å². The number of carbonyl (C=O) groups is 1. The summed E-state index contributed by atoms with van der Waals surface area (Å²) in [5, 5.41) is 3.14. The monoisotopic (exact) mass is 269 g/mol. The molecule has 0 heterocycles. The van der Waals surface area contributed by atoms with Crippen molar-refractivity contribution >= 4 is 11.5 Å². The van der Waals surface area contributed by atoms with Gasteiger partial charge in [0.15, 0.2) is 5.78 Å². The summed E-state index contributed by atoms with van der Waals surface area (Å²) in [7, 11) is 1.91. The number of hydrogen-bond acceptors (Lipinski definition) is 2. The van der Waals surface area contributed by atoms with Crippen LogP contribution in [0.3, 0.4) is 0 Å². The first-order valence-electron chi connectivity index (χ1n) is 8.01. The fourth-order valence-electron chi connectivity index (χ4n) is 5.51. The minimum absolute atomic E-state index is 0.0128. The number of Topliss-reactive ketones (excluding diaryl/α,β-unsaturated/α-hetero) is 1. The lowest BCUT2D eigenvalue weighted by molar-refractivity contribution is -0.0353. The average molecular weight is 269 g/mol. The van der Waals surface area contributed by atoms with Gasteiger partial charge >= 0.3 is 0 Å². The second-order valence-corrected chi connectivity index (χ2v) is 7.36. The Bertz CT molecular complexity index is 513. The van der Waals surface area contributed by atoms with Gasteiger partial charge in [-0.1, -0.05) is 12.1 Å². The molecule has 0 radical (unpaired) electrons. The molecule has 20 heavy (non-hydrogen) atoms. The second kappa shape index (κ2) is 4.34. The van der Waals surface area contributed by atoms with Crippen molar-refractivity contribution in [3.8, 4) is 0 Å². The number of hydrogen-bond donors (Lipinski definition) is 1. The molecule has 0 atom stereocenters. The molecule has 0 aliphatic heterocycles. The minimum atomic E-state index is -0.0128. The molecular weight excluding hydrogens is 246 g/mol. The Morgan fingerprint density at radius 1 is 1.10 bits per heavy atom. The normalized spacial score (nSPS) is 38.0. The first kappa shape index (κ1) is 12.4. The van der Waals surface area contributed by atoms with Gasteiger partial charge in [-0.25, -0.2) is 0 Å². The predicted octanol–water partition coefficient (Wildman–Crippen LogP) is 4.13. The number of benzene rings is 1. The Kier molecular flexibility index (Phi) is 2.70. The van der Waals surface area contributed by atoms with Crippen molar-refractivity contribution in [3.63, 3.8) is 0 Å². The van der Waals surface area contributed by atoms with Crippen molar-refractivity contribution in [1.82, 2.24) is 0 Å². The molecule has 0 aromatic heterocycles. The van der Waals surface area contributed by atoms with E-state index in [4.69, 9.17) is 0 Å². The number of ketones is 1. The Labute approximate surface area is 121 Å². The van der Waals surface area contributed by atoms with E-state index in [1.807, 2.05) is 31.3 Å². The molecule has 0 spiro atoms. The highest BCUT2D eigenvalue weighted by atomic mass is 16.1. The van der Waals surface area contributed by atoms with E-state index >= 15 is 0 Å². The first-order chi connectivity index (χ1) is 9.68. The molecule has 1 N–H and O–H groups in total. The van der Waals surface area contributed by atoms with Gasteiger partial charge in [0, 0.05) is 23.7 Å². The molecule has 5 rings (SSSR count). The van der Waals surface area contributed by atoms with Crippen LogP contribution in [0, 0.1) is 23.2 Å². The standard InChI is InChI=1S/C18H23NO/c1-19-16-4-2-3-15(8-16)17(20)18-9-12-5-13(10-18)7-14(6-12)11-18/h2-4,8,12-14,19H,5-7,9-11H2,1H3. The van der Waals surface area contributed by atoms with Crippen molar-refractivity contribution in [2.45, 2.75) is 38.5 Å². The molecule has 4 fully saturated rings. The molecule has 4 aliphatic rings. The highest BCUT2D eigenvalue weighted by molar-refractivity contribution is 6.01. The van der Waals surface area contributed by atoms with E-state index < -0.39 is 0 Å². The van der Waals surface area contributed by atoms with Crippen LogP contribution in [-0.2, 0) is 0 Å². The third-order valence-electron chi connectivity index (χ3n) is 5.93. The summed E-state index contributed by atoms with van der Waals surface area (Å²) in [4.78, 5) is 13.1. The van der Waals surface area contributed by atoms with Crippen molar-refractivity contribution in [2.75, 3.05) is 12.4 Å². The van der Waals surface area contributed by atoms with Crippen LogP contribution >= 0.6 is 0 Å². The van der Waals surface area contributed by atoms with Gasteiger partial charge in [-0.05, 0) is 68.4 Å². The fourth-order valence-corrected chi connectivity index (χ4v) is 5.51. The summed E-state index contributed by atoms with van der Waals surface area (Å²) in [5.74, 6) is 2.92. The van der Waals surface area contributed by atoms with E-state index in [2.05, 4.69) is 5.32 Å². The van der Waals surface area contributed by atoms with Crippen molar-refractivity contribution in [3.05, 3.63) is 29.8 Å². The summed E-state index contributed by atoms with van der Waals surface area (Å²) in [6, 6.07) is 8.05. The Hall–Kier alpha value is -1.31. The molecule has 4 aliphatic carbocycles. The SMILES string of the molecule is CNc1cccc(C(=O)C23CC4CC(CC(C4)C2)C3)c1. The van der Waals surface area contributed by atoms with Gasteiger partial charge in [-0.3, -0.25) is 4.79 Å². The smallest absolute Gasteiger partial charge is 0.169 e. The maximum atomic E-state index is 13.1. The van der Waals surface area contributed by atoms with E-state index in [0.717, 1.165) is 48.3 Å². The number of carbonyl (C=O) groups excluding carboxylic acids is 1. The van der Waals surface area contributed by atoms with E-state index in [1.165, 1.54) is 19.3 Å². The zero-order chi connectivity index (χ0) is 13.7. The van der Waals surface area contributed by atoms with E-state index in [1.54, 1.807) is 0 Å². The summed E-state index contributed by atoms with van der Waals surface area (Å²) >= 11 is 0. The molecule has 106 valence electrons. The highest BCUT2D eigenvalue weighted by Gasteiger charge is 2.54. The number of rotatable bonds is 3. The molecule has 0 unspecified atom stereocenters. The van der Waals surface area contributed by atoms with Crippen molar-refractivity contribution in [2.24, 2.45) is 23.2 Å². The Balaban J connectivity index is 1.67. The van der Waals surface area contributed by atoms with Gasteiger partial charge < -0.3 is 5.32 Å². The van der Waals surface area contributed by atoms with Crippen LogP contribution in [0.2, 0.25) is 0 Å². The molecule has 2 nitrogen and oxygen atoms in total. The van der Waals surface area contributed by atoms with Crippen LogP contribution in [0.1, 0.15) is 48.9 Å². The van der Waals surface area contributed by atoms with Crippen LogP contribution in [0.25, 0.3) is 0 Å². The van der Waals surface area contributed by atoms with Crippen LogP contribution in [-0.4, -0.2) is 12.8 Å². The maximum absolute atomic E-state index is 13.1. The first-order valence-corrected chi connectivity index (χ1v) is 8.01. The number of anilines is 1. The topological polar surface area (TPSA) is 29.1 Å². The molecule has 1 aromatic rings. The van der Waals surface area contributed by atoms with E-state index in [9.17, 15) is 4.79 Å². The summed E-state index contributed by atoms with van der Waals surface area (Å²) < 4.78 is 0. The van der Waals surface area contributed by atoms with E-state index in [0.29, 0.717) is 5.78 Å². The summed E-state index contributed by atoms with van der Waals surface area (Å²) in [6.45, 7) is 0. The van der Waals surface area contributed by atoms with Crippen LogP contribution in [0.4, 0.5) is 5.69 Å². The Morgan fingerprint density at radius 3 is 2.25 bits per heavy atom. The third kappa shape index (κ3) is 1.81. The van der Waals surface area contributed by atoms with Gasteiger partial charge in [0.2, 0.25) is 0 Å². The van der Waals surface area contributed by atoms with Crippen LogP contribution < -0.4 is 5.32 Å². The highest BCUT2D eigenvalue weighted by Crippen LogP contribution is 2.60. The van der Waals surface area contributed by atoms with Gasteiger partial charge in [0.1, 0.15) is 0 Å². The predicted molar refractivity (Wildman–Crippen MR) is 80.9 cm³/mol. The van der Waals surface area contributed by atoms with Crippen molar-refractivity contribution in [1.29, 1.82) is 0 Å². The summed E-state index contributed by atoms with van der Waals surface area (Å²) in [6.07, 6.45) is 7.64. The van der Waals surface area contributed by atoms with Gasteiger partial charge in [-0.2, -0.15) is 0 Å². The summed E-state index contributed by atoms with van der Waals surface area (Å²) in [5.41, 5.74) is 1.94. The minimum Gasteiger partial charge on any atom is -0.388 e. The van der Waals surface area contributed by atoms with Crippen LogP contribution in [0.5, 0.6) is 0 Å². The fraction of sp³-hybridized carbons (Fsp3) is 0.611. The lowest BCUT2D eigenvalue weighted by Crippen LogP contribution is -2.50. The largest absolute Gasteiger partial charge is 0.388 e. The molecule has 4 bridgehead atoms. The molecule has 0 amide bonds. The van der Waals surface area contributed by atoms with Crippen LogP contribution in [0.15, 0.2) is 24.3 Å². The van der Waals surface area contributed by atoms with Gasteiger partial charge in [0.05, 0.1) is 0 Å². The molecule has 1 aromatic carbocycles. The molecule has 4 saturated carbocycles. The molecule has 0 saturated heterocycles. The Morgan fingerprint density at radius 2 is 1.70 bits per heavy atom. The maximum Gasteiger partial charge on any atom is 0.169 e. The quantitative estimate of drug-likeness (QED) is 0.836. The second-order valence-electron chi connectivity index (χ2n) is 7.36. The average Bonchev–Trinajstić information content (AvgIpc) is 2.45. The number of nitrogens with one attached hydrogen (secondary N) is 1. The molecule has 2 heteroatoms. The van der Waals surface area contributed by atoms with Gasteiger partial charge in [-0.15, -0.1) is 0 Å². The molecular formula is C18H23NO. The lowest BCUT2D eigenvalue weighted by Gasteiger charge is -2.56. The van der Waals surface area contributed by atoms with E-state index in [-0.39, 0.29) is 5.41 Å².